The zero-order valence-electron chi connectivity index (χ0n) is 6.86. The Bertz CT molecular complexity index is 219. The van der Waals surface area contributed by atoms with Crippen LogP contribution in [-0.4, -0.2) is 4.98 Å². The third-order valence-electron chi connectivity index (χ3n) is 1.37. The van der Waals surface area contributed by atoms with Crippen LogP contribution in [0.5, 0.6) is 0 Å². The number of nitrogens with zero attached hydrogens (tertiary/aromatic N) is 1. The third-order valence-corrected chi connectivity index (χ3v) is 2.67. The molecule has 0 aliphatic heterocycles. The molecule has 0 spiro atoms. The van der Waals surface area contributed by atoms with E-state index in [1.54, 1.807) is 11.3 Å². The van der Waals surface area contributed by atoms with Gasteiger partial charge < -0.3 is 0 Å². The summed E-state index contributed by atoms with van der Waals surface area (Å²) in [7, 11) is 0. The lowest BCUT2D eigenvalue weighted by Gasteiger charge is -2.16. The van der Waals surface area contributed by atoms with E-state index in [9.17, 15) is 0 Å². The Kier molecular flexibility index (Phi) is 1.82. The fraction of sp³-hybridized carbons (Fsp3) is 0.625. The summed E-state index contributed by atoms with van der Waals surface area (Å²) < 4.78 is 0. The summed E-state index contributed by atoms with van der Waals surface area (Å²) in [6.07, 6.45) is 0. The average molecular weight is 154 g/mol. The molecule has 0 aliphatic carbocycles. The molecular weight excluding hydrogens is 142 g/mol. The van der Waals surface area contributed by atoms with Gasteiger partial charge in [0, 0.05) is 4.88 Å². The van der Waals surface area contributed by atoms with Crippen LogP contribution in [0.4, 0.5) is 0 Å². The first kappa shape index (κ1) is 7.73. The summed E-state index contributed by atoms with van der Waals surface area (Å²) >= 11 is 1.62. The Hall–Kier alpha value is -0.370. The van der Waals surface area contributed by atoms with Gasteiger partial charge in [0.05, 0.1) is 5.69 Å². The molecule has 10 heavy (non-hydrogen) atoms. The van der Waals surface area contributed by atoms with E-state index in [1.807, 2.05) is 6.92 Å². The number of hydrogen-bond acceptors (Lipinski definition) is 2. The van der Waals surface area contributed by atoms with Gasteiger partial charge in [-0.2, -0.15) is 0 Å². The minimum atomic E-state index is 0.238. The van der Waals surface area contributed by atoms with Crippen LogP contribution in [0.25, 0.3) is 0 Å². The fourth-order valence-corrected chi connectivity index (χ4v) is 1.73. The number of thiazole rings is 1. The minimum absolute atomic E-state index is 0.238. The maximum absolute atomic E-state index is 4.08. The van der Waals surface area contributed by atoms with E-state index < -0.39 is 0 Å². The highest BCUT2D eigenvalue weighted by molar-refractivity contribution is 7.09. The first-order valence-corrected chi connectivity index (χ1v) is 4.17. The summed E-state index contributed by atoms with van der Waals surface area (Å²) in [5.74, 6) is 0. The van der Waals surface area contributed by atoms with Gasteiger partial charge in [0.1, 0.15) is 0 Å². The lowest BCUT2D eigenvalue weighted by molar-refractivity contribution is 0.598. The summed E-state index contributed by atoms with van der Waals surface area (Å²) in [4.78, 5) is 5.42. The second-order valence-corrected chi connectivity index (χ2v) is 4.26. The van der Waals surface area contributed by atoms with Gasteiger partial charge in [-0.3, -0.25) is 0 Å². The molecule has 0 unspecified atom stereocenters. The Labute approximate surface area is 66.1 Å². The maximum Gasteiger partial charge on any atom is 0.152 e. The first-order valence-electron chi connectivity index (χ1n) is 3.36. The molecule has 0 atom stereocenters. The molecule has 1 aromatic heterocycles. The molecule has 1 nitrogen and oxygen atoms in total. The molecule has 1 aromatic rings. The van der Waals surface area contributed by atoms with Gasteiger partial charge >= 0.3 is 0 Å². The number of aromatic nitrogens is 1. The predicted molar refractivity (Wildman–Crippen MR) is 44.4 cm³/mol. The Morgan fingerprint density at radius 1 is 1.40 bits per heavy atom. The quantitative estimate of drug-likeness (QED) is 0.559. The number of hydrogen-bond donors (Lipinski definition) is 0. The van der Waals surface area contributed by atoms with Gasteiger partial charge in [-0.25, -0.2) is 4.98 Å². The smallest absolute Gasteiger partial charge is 0.152 e. The molecule has 0 bridgehead atoms. The molecule has 1 heterocycles. The van der Waals surface area contributed by atoms with Gasteiger partial charge in [0.25, 0.3) is 0 Å². The van der Waals surface area contributed by atoms with Crippen molar-refractivity contribution in [1.82, 2.24) is 4.98 Å². The summed E-state index contributed by atoms with van der Waals surface area (Å²) in [5, 5.41) is 0. The normalized spacial score (nSPS) is 12.0. The Morgan fingerprint density at radius 3 is 2.20 bits per heavy atom. The molecule has 0 aromatic carbocycles. The van der Waals surface area contributed by atoms with Crippen molar-refractivity contribution >= 4 is 11.3 Å². The molecule has 1 rings (SSSR count). The van der Waals surface area contributed by atoms with Crippen LogP contribution < -0.4 is 0 Å². The molecule has 0 N–H and O–H groups in total. The van der Waals surface area contributed by atoms with Crippen LogP contribution in [0.15, 0.2) is 0 Å². The van der Waals surface area contributed by atoms with E-state index in [1.165, 1.54) is 4.88 Å². The lowest BCUT2D eigenvalue weighted by Crippen LogP contribution is -2.10. The summed E-state index contributed by atoms with van der Waals surface area (Å²) in [6.45, 7) is 8.62. The average Bonchev–Trinajstić information content (AvgIpc) is 2.11. The van der Waals surface area contributed by atoms with Gasteiger partial charge in [0.2, 0.25) is 0 Å². The lowest BCUT2D eigenvalue weighted by atomic mass is 9.94. The van der Waals surface area contributed by atoms with Crippen molar-refractivity contribution in [3.8, 4) is 0 Å². The molecule has 55 valence electrons. The first-order chi connectivity index (χ1) is 4.52. The monoisotopic (exact) mass is 154 g/mol. The SMILES string of the molecule is Cc1n[c]sc1C(C)(C)C. The van der Waals surface area contributed by atoms with Crippen LogP contribution >= 0.6 is 11.3 Å². The van der Waals surface area contributed by atoms with E-state index in [-0.39, 0.29) is 5.41 Å². The molecular formula is C8H12NS. The van der Waals surface area contributed by atoms with Crippen LogP contribution in [0.3, 0.4) is 0 Å². The molecule has 0 saturated heterocycles. The summed E-state index contributed by atoms with van der Waals surface area (Å²) in [6, 6.07) is 0. The van der Waals surface area contributed by atoms with E-state index in [0.717, 1.165) is 5.69 Å². The van der Waals surface area contributed by atoms with Crippen molar-refractivity contribution < 1.29 is 0 Å². The highest BCUT2D eigenvalue weighted by atomic mass is 32.1. The third kappa shape index (κ3) is 1.37. The van der Waals surface area contributed by atoms with E-state index >= 15 is 0 Å². The predicted octanol–water partition coefficient (Wildman–Crippen LogP) is 2.55. The van der Waals surface area contributed by atoms with Gasteiger partial charge in [-0.1, -0.05) is 20.8 Å². The van der Waals surface area contributed by atoms with Crippen LogP contribution in [-0.2, 0) is 5.41 Å². The van der Waals surface area contributed by atoms with Crippen molar-refractivity contribution in [2.75, 3.05) is 0 Å². The number of rotatable bonds is 0. The van der Waals surface area contributed by atoms with Crippen molar-refractivity contribution in [1.29, 1.82) is 0 Å². The Balaban J connectivity index is 3.05. The highest BCUT2D eigenvalue weighted by Crippen LogP contribution is 2.27. The zero-order valence-corrected chi connectivity index (χ0v) is 7.67. The molecule has 0 saturated carbocycles. The highest BCUT2D eigenvalue weighted by Gasteiger charge is 2.17. The largest absolute Gasteiger partial charge is 0.239 e. The van der Waals surface area contributed by atoms with Gasteiger partial charge in [-0.15, -0.1) is 11.3 Å². The van der Waals surface area contributed by atoms with Crippen molar-refractivity contribution in [2.24, 2.45) is 0 Å². The van der Waals surface area contributed by atoms with E-state index in [0.29, 0.717) is 0 Å². The number of aryl methyl sites for hydroxylation is 1. The molecule has 2 heteroatoms. The van der Waals surface area contributed by atoms with Crippen LogP contribution in [0.1, 0.15) is 31.3 Å². The summed E-state index contributed by atoms with van der Waals surface area (Å²) in [5.41, 5.74) is 4.26. The van der Waals surface area contributed by atoms with Crippen molar-refractivity contribution in [3.05, 3.63) is 16.1 Å². The zero-order chi connectivity index (χ0) is 7.78. The van der Waals surface area contributed by atoms with E-state index in [4.69, 9.17) is 0 Å². The van der Waals surface area contributed by atoms with E-state index in [2.05, 4.69) is 31.3 Å². The van der Waals surface area contributed by atoms with Crippen LogP contribution in [0.2, 0.25) is 0 Å². The van der Waals surface area contributed by atoms with Gasteiger partial charge in [-0.05, 0) is 12.3 Å². The van der Waals surface area contributed by atoms with Crippen molar-refractivity contribution in [3.63, 3.8) is 0 Å². The molecule has 0 amide bonds. The molecule has 1 radical (unpaired) electrons. The molecule has 0 aliphatic rings. The standard InChI is InChI=1S/C8H12NS/c1-6-7(8(2,3)4)10-5-9-6/h1-4H3. The van der Waals surface area contributed by atoms with Gasteiger partial charge in [0.15, 0.2) is 5.51 Å². The van der Waals surface area contributed by atoms with Crippen molar-refractivity contribution in [2.45, 2.75) is 33.1 Å². The minimum Gasteiger partial charge on any atom is -0.239 e. The topological polar surface area (TPSA) is 12.9 Å². The second kappa shape index (κ2) is 2.35. The second-order valence-electron chi connectivity index (χ2n) is 3.47. The maximum atomic E-state index is 4.08. The fourth-order valence-electron chi connectivity index (χ4n) is 0.957. The van der Waals surface area contributed by atoms with Crippen LogP contribution in [0, 0.1) is 12.4 Å². The molecule has 0 fully saturated rings. The Morgan fingerprint density at radius 2 is 2.00 bits per heavy atom.